The molecule has 18 heavy (non-hydrogen) atoms. The number of likely N-dealkylation sites (tertiary alicyclic amines) is 1. The van der Waals surface area contributed by atoms with E-state index in [9.17, 15) is 9.59 Å². The van der Waals surface area contributed by atoms with Gasteiger partial charge in [-0.15, -0.1) is 0 Å². The van der Waals surface area contributed by atoms with Crippen LogP contribution in [0.5, 0.6) is 0 Å². The van der Waals surface area contributed by atoms with E-state index in [2.05, 4.69) is 5.32 Å². The highest BCUT2D eigenvalue weighted by Crippen LogP contribution is 2.18. The molecular weight excluding hydrogens is 234 g/mol. The van der Waals surface area contributed by atoms with Gasteiger partial charge in [0.25, 0.3) is 0 Å². The molecule has 1 fully saturated rings. The molecule has 1 rings (SSSR count). The van der Waals surface area contributed by atoms with E-state index in [1.807, 2.05) is 0 Å². The van der Waals surface area contributed by atoms with Crippen LogP contribution in [0, 0.1) is 5.92 Å². The molecule has 1 saturated heterocycles. The second-order valence-corrected chi connectivity index (χ2v) is 5.03. The lowest BCUT2D eigenvalue weighted by Gasteiger charge is -2.33. The molecule has 0 saturated carbocycles. The Balaban J connectivity index is 2.39. The number of nitrogens with zero attached hydrogens (tertiary/aromatic N) is 2. The predicted molar refractivity (Wildman–Crippen MR) is 68.1 cm³/mol. The van der Waals surface area contributed by atoms with Crippen molar-refractivity contribution in [2.75, 3.05) is 33.8 Å². The molecule has 0 radical (unpaired) electrons. The highest BCUT2D eigenvalue weighted by atomic mass is 16.3. The second-order valence-electron chi connectivity index (χ2n) is 5.03. The van der Waals surface area contributed by atoms with Gasteiger partial charge in [0.15, 0.2) is 0 Å². The Bertz CT molecular complexity index is 299. The summed E-state index contributed by atoms with van der Waals surface area (Å²) in [5.74, 6) is -0.0706. The molecule has 0 aromatic carbocycles. The Hall–Kier alpha value is -1.30. The minimum Gasteiger partial charge on any atom is -0.394 e. The summed E-state index contributed by atoms with van der Waals surface area (Å²) >= 11 is 0. The zero-order chi connectivity index (χ0) is 13.7. The maximum absolute atomic E-state index is 11.8. The number of rotatable bonds is 3. The van der Waals surface area contributed by atoms with E-state index in [4.69, 9.17) is 5.11 Å². The molecular formula is C12H23N3O3. The van der Waals surface area contributed by atoms with E-state index in [0.717, 1.165) is 0 Å². The Morgan fingerprint density at radius 3 is 2.39 bits per heavy atom. The van der Waals surface area contributed by atoms with Gasteiger partial charge in [0.1, 0.15) is 0 Å². The highest BCUT2D eigenvalue weighted by molar-refractivity contribution is 5.79. The number of carbonyl (C=O) groups is 2. The second kappa shape index (κ2) is 6.58. The van der Waals surface area contributed by atoms with E-state index in [1.54, 1.807) is 30.8 Å². The molecule has 0 aliphatic carbocycles. The SMILES string of the molecule is CC(CO)NC(=O)C1CCN(C(=O)N(C)C)CC1. The Morgan fingerprint density at radius 2 is 1.94 bits per heavy atom. The summed E-state index contributed by atoms with van der Waals surface area (Å²) < 4.78 is 0. The first kappa shape index (κ1) is 14.8. The van der Waals surface area contributed by atoms with Gasteiger partial charge in [0.2, 0.25) is 5.91 Å². The molecule has 1 aliphatic heterocycles. The van der Waals surface area contributed by atoms with Crippen LogP contribution in [-0.4, -0.2) is 66.7 Å². The Kier molecular flexibility index (Phi) is 5.40. The molecule has 6 nitrogen and oxygen atoms in total. The van der Waals surface area contributed by atoms with Gasteiger partial charge in [-0.05, 0) is 19.8 Å². The van der Waals surface area contributed by atoms with Crippen molar-refractivity contribution in [2.24, 2.45) is 5.92 Å². The van der Waals surface area contributed by atoms with Crippen LogP contribution in [-0.2, 0) is 4.79 Å². The molecule has 0 bridgehead atoms. The molecule has 3 amide bonds. The maximum atomic E-state index is 11.8. The summed E-state index contributed by atoms with van der Waals surface area (Å²) in [4.78, 5) is 26.9. The quantitative estimate of drug-likeness (QED) is 0.740. The number of carbonyl (C=O) groups excluding carboxylic acids is 2. The minimum atomic E-state index is -0.209. The van der Waals surface area contributed by atoms with Crippen molar-refractivity contribution in [1.82, 2.24) is 15.1 Å². The van der Waals surface area contributed by atoms with Crippen molar-refractivity contribution >= 4 is 11.9 Å². The zero-order valence-corrected chi connectivity index (χ0v) is 11.3. The van der Waals surface area contributed by atoms with Crippen LogP contribution in [0.2, 0.25) is 0 Å². The summed E-state index contributed by atoms with van der Waals surface area (Å²) in [6.45, 7) is 2.94. The van der Waals surface area contributed by atoms with Gasteiger partial charge in [-0.1, -0.05) is 0 Å². The molecule has 1 unspecified atom stereocenters. The maximum Gasteiger partial charge on any atom is 0.319 e. The molecule has 0 aromatic rings. The molecule has 1 aliphatic rings. The van der Waals surface area contributed by atoms with E-state index in [1.165, 1.54) is 0 Å². The first-order valence-corrected chi connectivity index (χ1v) is 6.33. The van der Waals surface area contributed by atoms with Crippen LogP contribution in [0.1, 0.15) is 19.8 Å². The zero-order valence-electron chi connectivity index (χ0n) is 11.3. The molecule has 2 N–H and O–H groups in total. The van der Waals surface area contributed by atoms with Crippen molar-refractivity contribution < 1.29 is 14.7 Å². The van der Waals surface area contributed by atoms with E-state index in [0.29, 0.717) is 25.9 Å². The van der Waals surface area contributed by atoms with Crippen molar-refractivity contribution in [2.45, 2.75) is 25.8 Å². The van der Waals surface area contributed by atoms with Crippen LogP contribution < -0.4 is 5.32 Å². The first-order chi connectivity index (χ1) is 8.45. The number of amides is 3. The van der Waals surface area contributed by atoms with Crippen molar-refractivity contribution in [3.8, 4) is 0 Å². The smallest absolute Gasteiger partial charge is 0.319 e. The number of urea groups is 1. The van der Waals surface area contributed by atoms with Crippen molar-refractivity contribution in [1.29, 1.82) is 0 Å². The number of hydrogen-bond donors (Lipinski definition) is 2. The first-order valence-electron chi connectivity index (χ1n) is 6.33. The van der Waals surface area contributed by atoms with E-state index < -0.39 is 0 Å². The van der Waals surface area contributed by atoms with Crippen molar-refractivity contribution in [3.05, 3.63) is 0 Å². The molecule has 1 atom stereocenters. The topological polar surface area (TPSA) is 72.9 Å². The van der Waals surface area contributed by atoms with Crippen LogP contribution in [0.25, 0.3) is 0 Å². The third kappa shape index (κ3) is 3.87. The van der Waals surface area contributed by atoms with E-state index >= 15 is 0 Å². The van der Waals surface area contributed by atoms with Gasteiger partial charge in [-0.3, -0.25) is 4.79 Å². The number of aliphatic hydroxyl groups is 1. The molecule has 1 heterocycles. The third-order valence-corrected chi connectivity index (χ3v) is 3.18. The molecule has 0 aromatic heterocycles. The lowest BCUT2D eigenvalue weighted by atomic mass is 9.96. The average molecular weight is 257 g/mol. The number of nitrogens with one attached hydrogen (secondary N) is 1. The van der Waals surface area contributed by atoms with Gasteiger partial charge in [0, 0.05) is 39.1 Å². The summed E-state index contributed by atoms with van der Waals surface area (Å²) in [5, 5.41) is 11.6. The molecule has 6 heteroatoms. The van der Waals surface area contributed by atoms with Crippen LogP contribution in [0.3, 0.4) is 0 Å². The van der Waals surface area contributed by atoms with Crippen LogP contribution >= 0.6 is 0 Å². The van der Waals surface area contributed by atoms with Gasteiger partial charge in [-0.2, -0.15) is 0 Å². The fraction of sp³-hybridized carbons (Fsp3) is 0.833. The number of aliphatic hydroxyl groups excluding tert-OH is 1. The number of hydrogen-bond acceptors (Lipinski definition) is 3. The van der Waals surface area contributed by atoms with Gasteiger partial charge >= 0.3 is 6.03 Å². The summed E-state index contributed by atoms with van der Waals surface area (Å²) in [5.41, 5.74) is 0. The summed E-state index contributed by atoms with van der Waals surface area (Å²) in [6.07, 6.45) is 1.37. The minimum absolute atomic E-state index is 0.00224. The van der Waals surface area contributed by atoms with Gasteiger partial charge in [-0.25, -0.2) is 4.79 Å². The largest absolute Gasteiger partial charge is 0.394 e. The lowest BCUT2D eigenvalue weighted by molar-refractivity contribution is -0.127. The summed E-state index contributed by atoms with van der Waals surface area (Å²) in [7, 11) is 3.45. The van der Waals surface area contributed by atoms with Gasteiger partial charge < -0.3 is 20.2 Å². The van der Waals surface area contributed by atoms with Crippen LogP contribution in [0.4, 0.5) is 4.79 Å². The normalized spacial score (nSPS) is 18.3. The Labute approximate surface area is 108 Å². The van der Waals surface area contributed by atoms with Gasteiger partial charge in [0.05, 0.1) is 6.61 Å². The fourth-order valence-electron chi connectivity index (χ4n) is 2.02. The van der Waals surface area contributed by atoms with Crippen molar-refractivity contribution in [3.63, 3.8) is 0 Å². The Morgan fingerprint density at radius 1 is 1.39 bits per heavy atom. The number of piperidine rings is 1. The summed E-state index contributed by atoms with van der Waals surface area (Å²) in [6, 6.07) is -0.212. The monoisotopic (exact) mass is 257 g/mol. The average Bonchev–Trinajstić information content (AvgIpc) is 2.37. The third-order valence-electron chi connectivity index (χ3n) is 3.18. The van der Waals surface area contributed by atoms with Crippen LogP contribution in [0.15, 0.2) is 0 Å². The molecule has 0 spiro atoms. The predicted octanol–water partition coefficient (Wildman–Crippen LogP) is -0.123. The van der Waals surface area contributed by atoms with E-state index in [-0.39, 0.29) is 30.5 Å². The molecule has 104 valence electrons. The highest BCUT2D eigenvalue weighted by Gasteiger charge is 2.28. The lowest BCUT2D eigenvalue weighted by Crippen LogP contribution is -2.47. The standard InChI is InChI=1S/C12H23N3O3/c1-9(8-16)13-11(17)10-4-6-15(7-5-10)12(18)14(2)3/h9-10,16H,4-8H2,1-3H3,(H,13,17). The fourth-order valence-corrected chi connectivity index (χ4v) is 2.02.